The Labute approximate surface area is 138 Å². The maximum absolute atomic E-state index is 5.50. The highest BCUT2D eigenvalue weighted by atomic mass is 32.2. The van der Waals surface area contributed by atoms with Crippen molar-refractivity contribution in [1.29, 1.82) is 0 Å². The molecule has 8 heteroatoms. The highest BCUT2D eigenvalue weighted by Gasteiger charge is 2.10. The minimum Gasteiger partial charge on any atom is -0.444 e. The third-order valence-electron chi connectivity index (χ3n) is 2.85. The van der Waals surface area contributed by atoms with Crippen LogP contribution in [0.4, 0.5) is 0 Å². The molecule has 0 aliphatic rings. The number of H-pyrrole nitrogens is 1. The maximum Gasteiger partial charge on any atom is 0.236 e. The molecule has 0 saturated carbocycles. The molecule has 0 aliphatic heterocycles. The first kappa shape index (κ1) is 13.7. The molecule has 0 spiro atoms. The lowest BCUT2D eigenvalue weighted by Gasteiger charge is -1.91. The molecular formula is C14H10N4OS3. The van der Waals surface area contributed by atoms with Gasteiger partial charge in [0.05, 0.1) is 15.4 Å². The van der Waals surface area contributed by atoms with Crippen LogP contribution in [0.3, 0.4) is 0 Å². The summed E-state index contributed by atoms with van der Waals surface area (Å²) in [5.74, 6) is 2.15. The predicted octanol–water partition coefficient (Wildman–Crippen LogP) is 4.54. The van der Waals surface area contributed by atoms with Crippen molar-refractivity contribution >= 4 is 34.4 Å². The molecule has 4 aromatic heterocycles. The van der Waals surface area contributed by atoms with Gasteiger partial charge >= 0.3 is 0 Å². The van der Waals surface area contributed by atoms with Crippen LogP contribution in [0.15, 0.2) is 50.9 Å². The topological polar surface area (TPSA) is 67.6 Å². The third kappa shape index (κ3) is 2.85. The molecule has 1 N–H and O–H groups in total. The largest absolute Gasteiger partial charge is 0.444 e. The molecule has 0 unspecified atom stereocenters. The summed E-state index contributed by atoms with van der Waals surface area (Å²) in [6.45, 7) is 0. The Balaban J connectivity index is 1.43. The Hall–Kier alpha value is -1.90. The van der Waals surface area contributed by atoms with Crippen molar-refractivity contribution in [2.75, 3.05) is 0 Å². The third-order valence-corrected chi connectivity index (χ3v) is 5.47. The Kier molecular flexibility index (Phi) is 3.79. The van der Waals surface area contributed by atoms with Gasteiger partial charge < -0.3 is 4.42 Å². The van der Waals surface area contributed by atoms with E-state index in [0.29, 0.717) is 16.8 Å². The molecule has 5 nitrogen and oxygen atoms in total. The standard InChI is InChI=1S/C14H10N4OS3/c1-3-10(20-5-1)12-16-14(18-17-12)22-8-9-7-19-13(15-9)11-4-2-6-21-11/h1-7H,8H2,(H,16,17,18). The Morgan fingerprint density at radius 3 is 2.68 bits per heavy atom. The average Bonchev–Trinajstić information content (AvgIpc) is 3.33. The molecule has 0 aromatic carbocycles. The number of nitrogens with zero attached hydrogens (tertiary/aromatic N) is 3. The van der Waals surface area contributed by atoms with Crippen LogP contribution in [-0.4, -0.2) is 20.2 Å². The number of aromatic amines is 1. The van der Waals surface area contributed by atoms with E-state index in [2.05, 4.69) is 20.2 Å². The molecule has 4 rings (SSSR count). The molecule has 0 atom stereocenters. The first-order valence-corrected chi connectivity index (χ1v) is 9.20. The zero-order chi connectivity index (χ0) is 14.8. The monoisotopic (exact) mass is 346 g/mol. The minimum absolute atomic E-state index is 0.667. The highest BCUT2D eigenvalue weighted by Crippen LogP contribution is 2.27. The quantitative estimate of drug-likeness (QED) is 0.537. The second-order valence-electron chi connectivity index (χ2n) is 4.35. The summed E-state index contributed by atoms with van der Waals surface area (Å²) < 4.78 is 5.50. The fourth-order valence-electron chi connectivity index (χ4n) is 1.86. The van der Waals surface area contributed by atoms with Crippen LogP contribution in [0, 0.1) is 0 Å². The summed E-state index contributed by atoms with van der Waals surface area (Å²) in [6.07, 6.45) is 1.69. The second-order valence-corrected chi connectivity index (χ2v) is 7.19. The van der Waals surface area contributed by atoms with Crippen LogP contribution in [0.25, 0.3) is 21.5 Å². The van der Waals surface area contributed by atoms with Gasteiger partial charge in [-0.05, 0) is 22.9 Å². The van der Waals surface area contributed by atoms with Gasteiger partial charge in [-0.1, -0.05) is 23.9 Å². The molecule has 4 heterocycles. The Bertz CT molecular complexity index is 776. The van der Waals surface area contributed by atoms with Crippen molar-refractivity contribution in [3.63, 3.8) is 0 Å². The van der Waals surface area contributed by atoms with Crippen LogP contribution in [0.2, 0.25) is 0 Å². The lowest BCUT2D eigenvalue weighted by atomic mass is 10.4. The van der Waals surface area contributed by atoms with Crippen LogP contribution >= 0.6 is 34.4 Å². The van der Waals surface area contributed by atoms with Gasteiger partial charge in [0.1, 0.15) is 6.26 Å². The molecule has 22 heavy (non-hydrogen) atoms. The van der Waals surface area contributed by atoms with Gasteiger partial charge in [-0.3, -0.25) is 5.10 Å². The zero-order valence-corrected chi connectivity index (χ0v) is 13.7. The summed E-state index contributed by atoms with van der Waals surface area (Å²) in [5.41, 5.74) is 0.885. The van der Waals surface area contributed by atoms with E-state index in [-0.39, 0.29) is 0 Å². The number of hydrogen-bond donors (Lipinski definition) is 1. The molecule has 0 aliphatic carbocycles. The van der Waals surface area contributed by atoms with Gasteiger partial charge in [-0.2, -0.15) is 0 Å². The van der Waals surface area contributed by atoms with E-state index in [1.54, 1.807) is 28.9 Å². The Morgan fingerprint density at radius 2 is 1.91 bits per heavy atom. The fourth-order valence-corrected chi connectivity index (χ4v) is 3.85. The molecular weight excluding hydrogens is 336 g/mol. The summed E-state index contributed by atoms with van der Waals surface area (Å²) in [7, 11) is 0. The van der Waals surface area contributed by atoms with Gasteiger partial charge in [0, 0.05) is 5.75 Å². The fraction of sp³-hybridized carbons (Fsp3) is 0.0714. The summed E-state index contributed by atoms with van der Waals surface area (Å²) in [4.78, 5) is 11.1. The predicted molar refractivity (Wildman–Crippen MR) is 89.1 cm³/mol. The number of aromatic nitrogens is 4. The number of thioether (sulfide) groups is 1. The Morgan fingerprint density at radius 1 is 1.09 bits per heavy atom. The van der Waals surface area contributed by atoms with Crippen LogP contribution in [0.5, 0.6) is 0 Å². The lowest BCUT2D eigenvalue weighted by molar-refractivity contribution is 0.575. The SMILES string of the molecule is c1csc(-c2nc(SCc3coc(-c4cccs4)n3)n[nH]2)c1. The normalized spacial score (nSPS) is 11.1. The van der Waals surface area contributed by atoms with Crippen LogP contribution in [-0.2, 0) is 5.75 Å². The van der Waals surface area contributed by atoms with Crippen molar-refractivity contribution < 1.29 is 4.42 Å². The van der Waals surface area contributed by atoms with Crippen molar-refractivity contribution in [3.05, 3.63) is 47.0 Å². The van der Waals surface area contributed by atoms with E-state index in [1.165, 1.54) is 11.8 Å². The average molecular weight is 346 g/mol. The van der Waals surface area contributed by atoms with E-state index in [1.807, 2.05) is 35.0 Å². The molecule has 0 bridgehead atoms. The molecule has 4 aromatic rings. The number of thiophene rings is 2. The molecule has 0 saturated heterocycles. The first-order chi connectivity index (χ1) is 10.9. The van der Waals surface area contributed by atoms with E-state index < -0.39 is 0 Å². The molecule has 110 valence electrons. The maximum atomic E-state index is 5.50. The summed E-state index contributed by atoms with van der Waals surface area (Å²) >= 11 is 4.78. The van der Waals surface area contributed by atoms with E-state index in [9.17, 15) is 0 Å². The first-order valence-electron chi connectivity index (χ1n) is 6.46. The minimum atomic E-state index is 0.667. The van der Waals surface area contributed by atoms with Crippen LogP contribution < -0.4 is 0 Å². The van der Waals surface area contributed by atoms with Gasteiger partial charge in [-0.15, -0.1) is 27.8 Å². The number of nitrogens with one attached hydrogen (secondary N) is 1. The van der Waals surface area contributed by atoms with Gasteiger partial charge in [0.25, 0.3) is 0 Å². The lowest BCUT2D eigenvalue weighted by Crippen LogP contribution is -1.82. The number of rotatable bonds is 5. The second kappa shape index (κ2) is 6.07. The van der Waals surface area contributed by atoms with Gasteiger partial charge in [0.2, 0.25) is 11.0 Å². The van der Waals surface area contributed by atoms with Crippen molar-refractivity contribution in [2.24, 2.45) is 0 Å². The molecule has 0 radical (unpaired) electrons. The van der Waals surface area contributed by atoms with E-state index in [4.69, 9.17) is 4.42 Å². The van der Waals surface area contributed by atoms with E-state index in [0.717, 1.165) is 21.3 Å². The van der Waals surface area contributed by atoms with Crippen molar-refractivity contribution in [1.82, 2.24) is 20.2 Å². The molecule has 0 amide bonds. The van der Waals surface area contributed by atoms with Gasteiger partial charge in [0.15, 0.2) is 5.82 Å². The van der Waals surface area contributed by atoms with E-state index >= 15 is 0 Å². The smallest absolute Gasteiger partial charge is 0.236 e. The van der Waals surface area contributed by atoms with Crippen molar-refractivity contribution in [2.45, 2.75) is 10.9 Å². The summed E-state index contributed by atoms with van der Waals surface area (Å²) in [5, 5.41) is 11.9. The number of oxazole rings is 1. The van der Waals surface area contributed by atoms with Crippen molar-refractivity contribution in [3.8, 4) is 21.5 Å². The van der Waals surface area contributed by atoms with Gasteiger partial charge in [-0.25, -0.2) is 9.97 Å². The zero-order valence-electron chi connectivity index (χ0n) is 11.2. The summed E-state index contributed by atoms with van der Waals surface area (Å²) in [6, 6.07) is 8.00. The van der Waals surface area contributed by atoms with Crippen LogP contribution in [0.1, 0.15) is 5.69 Å². The number of hydrogen-bond acceptors (Lipinski definition) is 7. The molecule has 0 fully saturated rings. The highest BCUT2D eigenvalue weighted by molar-refractivity contribution is 7.98.